The van der Waals surface area contributed by atoms with Gasteiger partial charge in [0.15, 0.2) is 0 Å². The molecule has 2 aromatic carbocycles. The molecule has 0 saturated carbocycles. The highest BCUT2D eigenvalue weighted by Crippen LogP contribution is 2.34. The molecule has 27 heavy (non-hydrogen) atoms. The lowest BCUT2D eigenvalue weighted by Gasteiger charge is -2.22. The van der Waals surface area contributed by atoms with E-state index in [1.165, 1.54) is 30.3 Å². The quantitative estimate of drug-likeness (QED) is 0.609. The third-order valence-electron chi connectivity index (χ3n) is 3.83. The zero-order valence-corrected chi connectivity index (χ0v) is 14.2. The summed E-state index contributed by atoms with van der Waals surface area (Å²) in [5.41, 5.74) is -1.26. The molecular weight excluding hydrogens is 364 g/mol. The molecule has 1 heterocycles. The maximum absolute atomic E-state index is 12.8. The third kappa shape index (κ3) is 6.09. The molecule has 1 aliphatic heterocycles. The summed E-state index contributed by atoms with van der Waals surface area (Å²) in [6, 6.07) is 12.6. The van der Waals surface area contributed by atoms with E-state index in [4.69, 9.17) is 0 Å². The van der Waals surface area contributed by atoms with Gasteiger partial charge in [-0.25, -0.2) is 4.39 Å². The van der Waals surface area contributed by atoms with Gasteiger partial charge in [0.1, 0.15) is 11.7 Å². The lowest BCUT2D eigenvalue weighted by Crippen LogP contribution is -2.42. The summed E-state index contributed by atoms with van der Waals surface area (Å²) in [7, 11) is 0. The number of amides is 2. The second kappa shape index (κ2) is 9.16. The minimum absolute atomic E-state index is 0.178. The molecule has 0 spiro atoms. The number of anilines is 1. The number of carbonyl (C=O) groups is 2. The van der Waals surface area contributed by atoms with Crippen molar-refractivity contribution in [1.82, 2.24) is 5.32 Å². The predicted octanol–water partition coefficient (Wildman–Crippen LogP) is 4.00. The SMILES string of the molecule is Fc1ccccc1.O=C1NCCCC1C(=O)Nc1ccccc1C(F)(F)F. The van der Waals surface area contributed by atoms with Gasteiger partial charge in [0.05, 0.1) is 11.3 Å². The Morgan fingerprint density at radius 3 is 2.22 bits per heavy atom. The number of piperidine rings is 1. The summed E-state index contributed by atoms with van der Waals surface area (Å²) in [5.74, 6) is -2.27. The van der Waals surface area contributed by atoms with E-state index in [0.717, 1.165) is 6.07 Å². The number of rotatable bonds is 2. The first-order chi connectivity index (χ1) is 12.8. The first kappa shape index (κ1) is 20.4. The Hall–Kier alpha value is -2.90. The average molecular weight is 382 g/mol. The van der Waals surface area contributed by atoms with Crippen LogP contribution in [0.15, 0.2) is 54.6 Å². The average Bonchev–Trinajstić information content (AvgIpc) is 2.63. The number of hydrogen-bond acceptors (Lipinski definition) is 2. The van der Waals surface area contributed by atoms with Crippen molar-refractivity contribution < 1.29 is 27.2 Å². The van der Waals surface area contributed by atoms with Gasteiger partial charge in [-0.1, -0.05) is 30.3 Å². The highest BCUT2D eigenvalue weighted by Gasteiger charge is 2.35. The standard InChI is InChI=1S/C13H13F3N2O2.C6H5F/c14-13(15,16)9-5-1-2-6-10(9)18-12(20)8-4-3-7-17-11(8)19;7-6-4-2-1-3-5-6/h1-2,5-6,8H,3-4,7H2,(H,17,19)(H,18,20);1-5H. The molecule has 2 N–H and O–H groups in total. The topological polar surface area (TPSA) is 58.2 Å². The maximum Gasteiger partial charge on any atom is 0.418 e. The van der Waals surface area contributed by atoms with E-state index in [-0.39, 0.29) is 11.5 Å². The summed E-state index contributed by atoms with van der Waals surface area (Å²) in [4.78, 5) is 23.4. The number of nitrogens with one attached hydrogen (secondary N) is 2. The molecule has 1 saturated heterocycles. The molecule has 4 nitrogen and oxygen atoms in total. The number of hydrogen-bond donors (Lipinski definition) is 2. The van der Waals surface area contributed by atoms with Crippen molar-refractivity contribution in [3.63, 3.8) is 0 Å². The van der Waals surface area contributed by atoms with E-state index in [2.05, 4.69) is 10.6 Å². The van der Waals surface area contributed by atoms with Gasteiger partial charge in [0.2, 0.25) is 11.8 Å². The summed E-state index contributed by atoms with van der Waals surface area (Å²) >= 11 is 0. The Labute approximate surface area is 153 Å². The Morgan fingerprint density at radius 2 is 1.67 bits per heavy atom. The normalized spacial score (nSPS) is 16.6. The van der Waals surface area contributed by atoms with E-state index in [0.29, 0.717) is 19.4 Å². The van der Waals surface area contributed by atoms with Crippen LogP contribution in [0.1, 0.15) is 18.4 Å². The van der Waals surface area contributed by atoms with Crippen LogP contribution in [0.25, 0.3) is 0 Å². The fourth-order valence-corrected chi connectivity index (χ4v) is 2.50. The van der Waals surface area contributed by atoms with Gasteiger partial charge in [-0.05, 0) is 37.1 Å². The van der Waals surface area contributed by atoms with E-state index in [9.17, 15) is 27.2 Å². The lowest BCUT2D eigenvalue weighted by molar-refractivity contribution is -0.137. The molecule has 1 fully saturated rings. The maximum atomic E-state index is 12.8. The number of halogens is 4. The lowest BCUT2D eigenvalue weighted by atomic mass is 9.97. The second-order valence-electron chi connectivity index (χ2n) is 5.81. The van der Waals surface area contributed by atoms with Crippen molar-refractivity contribution in [2.75, 3.05) is 11.9 Å². The predicted molar refractivity (Wildman–Crippen MR) is 92.2 cm³/mol. The molecule has 0 aromatic heterocycles. The van der Waals surface area contributed by atoms with Crippen LogP contribution >= 0.6 is 0 Å². The molecule has 144 valence electrons. The molecule has 0 aliphatic carbocycles. The molecule has 0 radical (unpaired) electrons. The summed E-state index contributed by atoms with van der Waals surface area (Å²) in [5, 5.41) is 4.72. The molecular formula is C19H18F4N2O2. The van der Waals surface area contributed by atoms with Gasteiger partial charge in [-0.3, -0.25) is 9.59 Å². The van der Waals surface area contributed by atoms with Gasteiger partial charge in [0.25, 0.3) is 0 Å². The molecule has 1 unspecified atom stereocenters. The van der Waals surface area contributed by atoms with Crippen LogP contribution in [0.3, 0.4) is 0 Å². The molecule has 0 bridgehead atoms. The fourth-order valence-electron chi connectivity index (χ4n) is 2.50. The molecule has 2 amide bonds. The van der Waals surface area contributed by atoms with Gasteiger partial charge < -0.3 is 10.6 Å². The number of alkyl halides is 3. The van der Waals surface area contributed by atoms with Crippen LogP contribution in [0.2, 0.25) is 0 Å². The Bertz CT molecular complexity index is 779. The van der Waals surface area contributed by atoms with Crippen LogP contribution in [0, 0.1) is 11.7 Å². The van der Waals surface area contributed by atoms with Gasteiger partial charge in [0, 0.05) is 6.54 Å². The molecule has 1 atom stereocenters. The number of carbonyl (C=O) groups excluding carboxylic acids is 2. The van der Waals surface area contributed by atoms with Crippen molar-refractivity contribution in [2.24, 2.45) is 5.92 Å². The largest absolute Gasteiger partial charge is 0.418 e. The Kier molecular flexibility index (Phi) is 6.92. The van der Waals surface area contributed by atoms with Crippen molar-refractivity contribution in [2.45, 2.75) is 19.0 Å². The molecule has 1 aliphatic rings. The zero-order valence-electron chi connectivity index (χ0n) is 14.2. The van der Waals surface area contributed by atoms with Crippen LogP contribution in [-0.2, 0) is 15.8 Å². The zero-order chi connectivity index (χ0) is 19.9. The van der Waals surface area contributed by atoms with E-state index < -0.39 is 29.5 Å². The monoisotopic (exact) mass is 382 g/mol. The highest BCUT2D eigenvalue weighted by molar-refractivity contribution is 6.07. The number of para-hydroxylation sites is 1. The van der Waals surface area contributed by atoms with E-state index in [1.54, 1.807) is 18.2 Å². The highest BCUT2D eigenvalue weighted by atomic mass is 19.4. The van der Waals surface area contributed by atoms with E-state index in [1.807, 2.05) is 0 Å². The fraction of sp³-hybridized carbons (Fsp3) is 0.263. The minimum atomic E-state index is -4.56. The minimum Gasteiger partial charge on any atom is -0.355 e. The summed E-state index contributed by atoms with van der Waals surface area (Å²) in [6.45, 7) is 0.488. The Balaban J connectivity index is 0.000000313. The van der Waals surface area contributed by atoms with Crippen LogP contribution in [0.5, 0.6) is 0 Å². The van der Waals surface area contributed by atoms with Crippen molar-refractivity contribution in [1.29, 1.82) is 0 Å². The van der Waals surface area contributed by atoms with E-state index >= 15 is 0 Å². The third-order valence-corrected chi connectivity index (χ3v) is 3.83. The smallest absolute Gasteiger partial charge is 0.355 e. The van der Waals surface area contributed by atoms with Crippen molar-refractivity contribution in [3.8, 4) is 0 Å². The first-order valence-electron chi connectivity index (χ1n) is 8.24. The summed E-state index contributed by atoms with van der Waals surface area (Å²) < 4.78 is 50.3. The summed E-state index contributed by atoms with van der Waals surface area (Å²) in [6.07, 6.45) is -3.59. The van der Waals surface area contributed by atoms with Gasteiger partial charge in [-0.15, -0.1) is 0 Å². The number of benzene rings is 2. The molecule has 3 rings (SSSR count). The van der Waals surface area contributed by atoms with Crippen LogP contribution in [0.4, 0.5) is 23.2 Å². The van der Waals surface area contributed by atoms with Gasteiger partial charge >= 0.3 is 6.18 Å². The molecule has 2 aromatic rings. The molecule has 8 heteroatoms. The van der Waals surface area contributed by atoms with Crippen molar-refractivity contribution >= 4 is 17.5 Å². The van der Waals surface area contributed by atoms with Gasteiger partial charge in [-0.2, -0.15) is 13.2 Å². The Morgan fingerprint density at radius 1 is 1.04 bits per heavy atom. The first-order valence-corrected chi connectivity index (χ1v) is 8.24. The second-order valence-corrected chi connectivity index (χ2v) is 5.81. The van der Waals surface area contributed by atoms with Crippen LogP contribution < -0.4 is 10.6 Å². The van der Waals surface area contributed by atoms with Crippen LogP contribution in [-0.4, -0.2) is 18.4 Å². The van der Waals surface area contributed by atoms with Crippen molar-refractivity contribution in [3.05, 3.63) is 66.0 Å².